The van der Waals surface area contributed by atoms with Gasteiger partial charge in [-0.15, -0.1) is 0 Å². The lowest BCUT2D eigenvalue weighted by Crippen LogP contribution is -2.64. The van der Waals surface area contributed by atoms with Gasteiger partial charge in [0.25, 0.3) is 11.8 Å². The van der Waals surface area contributed by atoms with Gasteiger partial charge in [-0.2, -0.15) is 0 Å². The Kier molecular flexibility index (Phi) is 8.36. The van der Waals surface area contributed by atoms with Gasteiger partial charge in [-0.1, -0.05) is 42.8 Å². The third-order valence-corrected chi connectivity index (χ3v) is 6.99. The van der Waals surface area contributed by atoms with E-state index < -0.39 is 11.4 Å². The number of carbonyl (C=O) groups is 3. The van der Waals surface area contributed by atoms with E-state index in [1.165, 1.54) is 6.33 Å². The molecule has 0 saturated heterocycles. The predicted octanol–water partition coefficient (Wildman–Crippen LogP) is 3.46. The molecule has 38 heavy (non-hydrogen) atoms. The molecule has 10 heteroatoms. The normalized spacial score (nSPS) is 16.6. The van der Waals surface area contributed by atoms with E-state index in [1.807, 2.05) is 43.3 Å². The Morgan fingerprint density at radius 3 is 2.42 bits per heavy atom. The minimum absolute atomic E-state index is 0.0629. The van der Waals surface area contributed by atoms with Crippen LogP contribution in [0.4, 0.5) is 0 Å². The molecule has 0 radical (unpaired) electrons. The second-order valence-corrected chi connectivity index (χ2v) is 9.90. The quantitative estimate of drug-likeness (QED) is 0.412. The van der Waals surface area contributed by atoms with E-state index >= 15 is 0 Å². The zero-order valence-corrected chi connectivity index (χ0v) is 22.5. The van der Waals surface area contributed by atoms with Crippen molar-refractivity contribution in [3.05, 3.63) is 82.4 Å². The van der Waals surface area contributed by atoms with Crippen LogP contribution in [0.25, 0.3) is 0 Å². The van der Waals surface area contributed by atoms with Crippen molar-refractivity contribution < 1.29 is 19.1 Å². The molecule has 2 aromatic carbocycles. The number of carbonyl (C=O) groups excluding carboxylic acids is 3. The third kappa shape index (κ3) is 5.67. The molecule has 1 aromatic heterocycles. The number of amides is 3. The Bertz CT molecular complexity index is 1310. The van der Waals surface area contributed by atoms with E-state index in [9.17, 15) is 14.4 Å². The Balaban J connectivity index is 1.47. The maximum atomic E-state index is 13.7. The monoisotopic (exact) mass is 537 g/mol. The number of methoxy groups -OCH3 is 1. The van der Waals surface area contributed by atoms with Gasteiger partial charge in [0.05, 0.1) is 20.0 Å². The first-order valence-corrected chi connectivity index (χ1v) is 13.0. The van der Waals surface area contributed by atoms with Crippen molar-refractivity contribution in [1.82, 2.24) is 25.1 Å². The first-order chi connectivity index (χ1) is 18.3. The Hall–Kier alpha value is -3.85. The van der Waals surface area contributed by atoms with E-state index in [0.29, 0.717) is 37.5 Å². The summed E-state index contributed by atoms with van der Waals surface area (Å²) >= 11 is 5.93. The number of aromatic nitrogens is 2. The van der Waals surface area contributed by atoms with Gasteiger partial charge < -0.3 is 24.8 Å². The summed E-state index contributed by atoms with van der Waals surface area (Å²) in [6, 6.07) is 14.8. The van der Waals surface area contributed by atoms with Gasteiger partial charge >= 0.3 is 0 Å². The van der Waals surface area contributed by atoms with Gasteiger partial charge in [-0.25, -0.2) is 4.98 Å². The first-order valence-electron chi connectivity index (χ1n) is 12.6. The van der Waals surface area contributed by atoms with Crippen molar-refractivity contribution in [1.29, 1.82) is 0 Å². The molecule has 1 aliphatic heterocycles. The van der Waals surface area contributed by atoms with Gasteiger partial charge in [0.1, 0.15) is 17.0 Å². The lowest BCUT2D eigenvalue weighted by atomic mass is 9.94. The molecule has 1 atom stereocenters. The van der Waals surface area contributed by atoms with Crippen LogP contribution in [0.5, 0.6) is 5.75 Å². The molecule has 2 heterocycles. The highest BCUT2D eigenvalue weighted by atomic mass is 35.5. The second kappa shape index (κ2) is 11.7. The molecule has 4 rings (SSSR count). The maximum absolute atomic E-state index is 13.7. The summed E-state index contributed by atoms with van der Waals surface area (Å²) in [4.78, 5) is 45.9. The van der Waals surface area contributed by atoms with Crippen LogP contribution in [0.3, 0.4) is 0 Å². The summed E-state index contributed by atoms with van der Waals surface area (Å²) in [6.07, 6.45) is 2.73. The van der Waals surface area contributed by atoms with Gasteiger partial charge in [0, 0.05) is 24.7 Å². The van der Waals surface area contributed by atoms with E-state index in [-0.39, 0.29) is 29.7 Å². The zero-order chi connectivity index (χ0) is 27.3. The highest BCUT2D eigenvalue weighted by Crippen LogP contribution is 2.29. The summed E-state index contributed by atoms with van der Waals surface area (Å²) in [5, 5.41) is 6.47. The summed E-state index contributed by atoms with van der Waals surface area (Å²) in [5.41, 5.74) is 1.06. The van der Waals surface area contributed by atoms with Gasteiger partial charge in [-0.3, -0.25) is 14.4 Å². The Morgan fingerprint density at radius 1 is 1.08 bits per heavy atom. The number of nitrogens with zero attached hydrogens (tertiary/aromatic N) is 3. The van der Waals surface area contributed by atoms with E-state index in [2.05, 4.69) is 15.6 Å². The molecular formula is C28H32ClN5O4. The van der Waals surface area contributed by atoms with Gasteiger partial charge in [0.15, 0.2) is 5.69 Å². The van der Waals surface area contributed by atoms with Crippen molar-refractivity contribution >= 4 is 29.3 Å². The summed E-state index contributed by atoms with van der Waals surface area (Å²) < 4.78 is 6.79. The molecule has 3 aromatic rings. The van der Waals surface area contributed by atoms with Crippen LogP contribution in [0, 0.1) is 0 Å². The van der Waals surface area contributed by atoms with Crippen molar-refractivity contribution in [2.45, 2.75) is 45.3 Å². The summed E-state index contributed by atoms with van der Waals surface area (Å²) in [5.74, 6) is -0.356. The van der Waals surface area contributed by atoms with Crippen molar-refractivity contribution in [3.8, 4) is 5.75 Å². The van der Waals surface area contributed by atoms with Crippen LogP contribution in [0.2, 0.25) is 5.02 Å². The number of hydrogen-bond donors (Lipinski definition) is 2. The SMILES string of the molecule is CCCN1C(=O)c2c(C(=O)NCCc3ccc(Cl)cc3)ncn2C[C@@]1(C)C(=O)NCc1ccc(OC)cc1. The lowest BCUT2D eigenvalue weighted by Gasteiger charge is -2.43. The van der Waals surface area contributed by atoms with E-state index in [0.717, 1.165) is 16.9 Å². The van der Waals surface area contributed by atoms with Crippen molar-refractivity contribution in [3.63, 3.8) is 0 Å². The fraction of sp³-hybridized carbons (Fsp3) is 0.357. The van der Waals surface area contributed by atoms with Crippen LogP contribution in [-0.2, 0) is 24.3 Å². The zero-order valence-electron chi connectivity index (χ0n) is 21.8. The van der Waals surface area contributed by atoms with Crippen molar-refractivity contribution in [2.75, 3.05) is 20.2 Å². The summed E-state index contributed by atoms with van der Waals surface area (Å²) in [6.45, 7) is 4.94. The van der Waals surface area contributed by atoms with Crippen LogP contribution in [0.1, 0.15) is 52.4 Å². The number of halogens is 1. The molecule has 1 aliphatic rings. The first kappa shape index (κ1) is 27.2. The minimum atomic E-state index is -1.14. The average Bonchev–Trinajstić information content (AvgIpc) is 3.34. The largest absolute Gasteiger partial charge is 0.497 e. The van der Waals surface area contributed by atoms with Crippen LogP contribution < -0.4 is 15.4 Å². The van der Waals surface area contributed by atoms with Crippen LogP contribution in [-0.4, -0.2) is 57.9 Å². The Morgan fingerprint density at radius 2 is 1.76 bits per heavy atom. The minimum Gasteiger partial charge on any atom is -0.497 e. The molecule has 0 unspecified atom stereocenters. The number of benzene rings is 2. The molecule has 2 N–H and O–H groups in total. The number of rotatable bonds is 10. The van der Waals surface area contributed by atoms with Crippen LogP contribution in [0.15, 0.2) is 54.9 Å². The average molecular weight is 538 g/mol. The number of imidazole rings is 1. The molecular weight excluding hydrogens is 506 g/mol. The van der Waals surface area contributed by atoms with Crippen LogP contribution >= 0.6 is 11.6 Å². The smallest absolute Gasteiger partial charge is 0.273 e. The van der Waals surface area contributed by atoms with Gasteiger partial charge in [0.2, 0.25) is 5.91 Å². The fourth-order valence-electron chi connectivity index (χ4n) is 4.60. The second-order valence-electron chi connectivity index (χ2n) is 9.46. The highest BCUT2D eigenvalue weighted by Gasteiger charge is 2.48. The third-order valence-electron chi connectivity index (χ3n) is 6.74. The molecule has 0 saturated carbocycles. The maximum Gasteiger partial charge on any atom is 0.273 e. The van der Waals surface area contributed by atoms with Crippen molar-refractivity contribution in [2.24, 2.45) is 0 Å². The Labute approximate surface area is 227 Å². The van der Waals surface area contributed by atoms with Gasteiger partial charge in [-0.05, 0) is 55.2 Å². The molecule has 3 amide bonds. The molecule has 0 bridgehead atoms. The van der Waals surface area contributed by atoms with E-state index in [1.54, 1.807) is 35.6 Å². The standard InChI is InChI=1S/C28H32ClN5O4/c1-4-15-34-26(36)24-23(25(35)30-14-13-19-5-9-21(29)10-6-19)32-18-33(24)17-28(34,2)27(37)31-16-20-7-11-22(38-3)12-8-20/h5-12,18H,4,13-17H2,1-3H3,(H,30,35)(H,31,37)/t28-/m0/s1. The highest BCUT2D eigenvalue weighted by molar-refractivity contribution is 6.30. The lowest BCUT2D eigenvalue weighted by molar-refractivity contribution is -0.133. The topological polar surface area (TPSA) is 106 Å². The van der Waals surface area contributed by atoms with E-state index in [4.69, 9.17) is 16.3 Å². The molecule has 0 spiro atoms. The summed E-state index contributed by atoms with van der Waals surface area (Å²) in [7, 11) is 1.60. The number of nitrogens with one attached hydrogen (secondary N) is 2. The number of hydrogen-bond acceptors (Lipinski definition) is 5. The molecule has 0 fully saturated rings. The fourth-order valence-corrected chi connectivity index (χ4v) is 4.73. The molecule has 200 valence electrons. The molecule has 0 aliphatic carbocycles. The predicted molar refractivity (Wildman–Crippen MR) is 144 cm³/mol. The number of ether oxygens (including phenoxy) is 1. The number of fused-ring (bicyclic) bond motifs is 1. The molecule has 9 nitrogen and oxygen atoms in total.